The Kier molecular flexibility index (Phi) is 4.25. The summed E-state index contributed by atoms with van der Waals surface area (Å²) in [5.41, 5.74) is 7.38. The summed E-state index contributed by atoms with van der Waals surface area (Å²) >= 11 is 3.04. The highest BCUT2D eigenvalue weighted by molar-refractivity contribution is 9.10. The number of halogens is 2. The highest BCUT2D eigenvalue weighted by atomic mass is 79.9. The van der Waals surface area contributed by atoms with Gasteiger partial charge in [-0.05, 0) is 65.2 Å². The molecule has 3 N–H and O–H groups in total. The lowest BCUT2D eigenvalue weighted by molar-refractivity contribution is 0.600. The number of rotatable bonds is 3. The van der Waals surface area contributed by atoms with Crippen LogP contribution in [0.25, 0.3) is 0 Å². The van der Waals surface area contributed by atoms with Crippen molar-refractivity contribution < 1.29 is 12.8 Å². The lowest BCUT2D eigenvalue weighted by Crippen LogP contribution is -2.15. The van der Waals surface area contributed by atoms with Gasteiger partial charge >= 0.3 is 0 Å². The zero-order valence-corrected chi connectivity index (χ0v) is 13.8. The van der Waals surface area contributed by atoms with Crippen molar-refractivity contribution in [2.75, 3.05) is 10.5 Å². The van der Waals surface area contributed by atoms with Crippen molar-refractivity contribution in [2.45, 2.75) is 18.7 Å². The standard InChI is InChI=1S/C14H14BrFN2O2S/c1-8-3-4-10(17)6-14(8)21(19,20)18-13-7-11(15)12(16)5-9(13)2/h3-7,18H,17H2,1-2H3. The number of sulfonamides is 1. The molecular weight excluding hydrogens is 359 g/mol. The molecule has 21 heavy (non-hydrogen) atoms. The number of aryl methyl sites for hydroxylation is 2. The van der Waals surface area contributed by atoms with Gasteiger partial charge in [0.15, 0.2) is 0 Å². The quantitative estimate of drug-likeness (QED) is 0.808. The molecule has 112 valence electrons. The molecule has 0 amide bonds. The van der Waals surface area contributed by atoms with E-state index in [1.807, 2.05) is 0 Å². The number of nitrogens with one attached hydrogen (secondary N) is 1. The Hall–Kier alpha value is -1.60. The van der Waals surface area contributed by atoms with Gasteiger partial charge in [-0.2, -0.15) is 0 Å². The minimum Gasteiger partial charge on any atom is -0.399 e. The van der Waals surface area contributed by atoms with Gasteiger partial charge in [-0.3, -0.25) is 4.72 Å². The molecule has 0 aromatic heterocycles. The van der Waals surface area contributed by atoms with Crippen LogP contribution in [-0.2, 0) is 10.0 Å². The maximum absolute atomic E-state index is 13.4. The van der Waals surface area contributed by atoms with Crippen molar-refractivity contribution in [1.29, 1.82) is 0 Å². The third kappa shape index (κ3) is 3.36. The van der Waals surface area contributed by atoms with E-state index in [1.165, 1.54) is 18.2 Å². The zero-order valence-electron chi connectivity index (χ0n) is 11.4. The maximum atomic E-state index is 13.4. The summed E-state index contributed by atoms with van der Waals surface area (Å²) in [6.07, 6.45) is 0. The first-order valence-electron chi connectivity index (χ1n) is 6.05. The largest absolute Gasteiger partial charge is 0.399 e. The van der Waals surface area contributed by atoms with E-state index in [2.05, 4.69) is 20.7 Å². The number of nitrogen functional groups attached to an aromatic ring is 1. The molecule has 0 aliphatic heterocycles. The van der Waals surface area contributed by atoms with E-state index in [9.17, 15) is 12.8 Å². The van der Waals surface area contributed by atoms with Crippen molar-refractivity contribution in [3.8, 4) is 0 Å². The number of anilines is 2. The molecule has 2 aromatic rings. The molecule has 0 bridgehead atoms. The van der Waals surface area contributed by atoms with Gasteiger partial charge in [0, 0.05) is 5.69 Å². The summed E-state index contributed by atoms with van der Waals surface area (Å²) in [5.74, 6) is -0.449. The van der Waals surface area contributed by atoms with Gasteiger partial charge in [-0.15, -0.1) is 0 Å². The fourth-order valence-electron chi connectivity index (χ4n) is 1.86. The number of nitrogens with two attached hydrogens (primary N) is 1. The molecule has 0 fully saturated rings. The van der Waals surface area contributed by atoms with Crippen LogP contribution >= 0.6 is 15.9 Å². The van der Waals surface area contributed by atoms with Crippen molar-refractivity contribution in [1.82, 2.24) is 0 Å². The number of hydrogen-bond donors (Lipinski definition) is 2. The van der Waals surface area contributed by atoms with E-state index in [4.69, 9.17) is 5.73 Å². The first-order chi connectivity index (χ1) is 9.70. The average molecular weight is 373 g/mol. The Morgan fingerprint density at radius 1 is 1.14 bits per heavy atom. The summed E-state index contributed by atoms with van der Waals surface area (Å²) < 4.78 is 40.9. The van der Waals surface area contributed by atoms with Crippen molar-refractivity contribution >= 4 is 37.3 Å². The highest BCUT2D eigenvalue weighted by Gasteiger charge is 2.19. The summed E-state index contributed by atoms with van der Waals surface area (Å²) in [4.78, 5) is 0.0994. The fraction of sp³-hybridized carbons (Fsp3) is 0.143. The van der Waals surface area contributed by atoms with Gasteiger partial charge in [0.05, 0.1) is 15.1 Å². The molecule has 0 saturated carbocycles. The Bertz CT molecular complexity index is 807. The van der Waals surface area contributed by atoms with E-state index in [0.29, 0.717) is 22.5 Å². The van der Waals surface area contributed by atoms with Gasteiger partial charge in [0.1, 0.15) is 5.82 Å². The first kappa shape index (κ1) is 15.8. The second kappa shape index (κ2) is 5.65. The number of benzene rings is 2. The molecule has 0 radical (unpaired) electrons. The third-order valence-corrected chi connectivity index (χ3v) is 5.13. The normalized spacial score (nSPS) is 11.4. The van der Waals surface area contributed by atoms with Gasteiger partial charge in [0.25, 0.3) is 10.0 Å². The predicted molar refractivity (Wildman–Crippen MR) is 85.2 cm³/mol. The minimum atomic E-state index is -3.79. The fourth-order valence-corrected chi connectivity index (χ4v) is 3.61. The molecule has 0 atom stereocenters. The van der Waals surface area contributed by atoms with E-state index in [-0.39, 0.29) is 9.37 Å². The molecule has 0 heterocycles. The van der Waals surface area contributed by atoms with E-state index >= 15 is 0 Å². The van der Waals surface area contributed by atoms with Gasteiger partial charge in [-0.1, -0.05) is 6.07 Å². The van der Waals surface area contributed by atoms with Gasteiger partial charge < -0.3 is 5.73 Å². The third-order valence-electron chi connectivity index (χ3n) is 3.01. The molecule has 0 aliphatic rings. The average Bonchev–Trinajstić information content (AvgIpc) is 2.38. The van der Waals surface area contributed by atoms with Crippen LogP contribution < -0.4 is 10.5 Å². The van der Waals surface area contributed by atoms with Crippen LogP contribution in [0.4, 0.5) is 15.8 Å². The Balaban J connectivity index is 2.47. The topological polar surface area (TPSA) is 72.2 Å². The highest BCUT2D eigenvalue weighted by Crippen LogP contribution is 2.27. The summed E-state index contributed by atoms with van der Waals surface area (Å²) in [6, 6.07) is 7.31. The zero-order chi connectivity index (χ0) is 15.8. The van der Waals surface area contributed by atoms with E-state index in [1.54, 1.807) is 26.0 Å². The molecular formula is C14H14BrFN2O2S. The van der Waals surface area contributed by atoms with E-state index < -0.39 is 15.8 Å². The Morgan fingerprint density at radius 3 is 2.48 bits per heavy atom. The van der Waals surface area contributed by atoms with Crippen LogP contribution in [0.15, 0.2) is 39.7 Å². The van der Waals surface area contributed by atoms with Crippen molar-refractivity contribution in [3.63, 3.8) is 0 Å². The first-order valence-corrected chi connectivity index (χ1v) is 8.33. The minimum absolute atomic E-state index is 0.0994. The van der Waals surface area contributed by atoms with Crippen LogP contribution in [-0.4, -0.2) is 8.42 Å². The summed E-state index contributed by atoms with van der Waals surface area (Å²) in [6.45, 7) is 3.31. The molecule has 0 aliphatic carbocycles. The van der Waals surface area contributed by atoms with Crippen LogP contribution in [0.1, 0.15) is 11.1 Å². The molecule has 0 saturated heterocycles. The van der Waals surface area contributed by atoms with Gasteiger partial charge in [0.2, 0.25) is 0 Å². The Morgan fingerprint density at radius 2 is 1.81 bits per heavy atom. The molecule has 0 spiro atoms. The van der Waals surface area contributed by atoms with Crippen LogP contribution in [0.3, 0.4) is 0 Å². The molecule has 4 nitrogen and oxygen atoms in total. The van der Waals surface area contributed by atoms with Crippen LogP contribution in [0.5, 0.6) is 0 Å². The Labute approximate surface area is 131 Å². The monoisotopic (exact) mass is 372 g/mol. The molecule has 0 unspecified atom stereocenters. The maximum Gasteiger partial charge on any atom is 0.262 e. The van der Waals surface area contributed by atoms with Crippen molar-refractivity contribution in [3.05, 3.63) is 51.7 Å². The lowest BCUT2D eigenvalue weighted by Gasteiger charge is -2.13. The summed E-state index contributed by atoms with van der Waals surface area (Å²) in [7, 11) is -3.79. The summed E-state index contributed by atoms with van der Waals surface area (Å²) in [5, 5.41) is 0. The van der Waals surface area contributed by atoms with Crippen LogP contribution in [0.2, 0.25) is 0 Å². The van der Waals surface area contributed by atoms with E-state index in [0.717, 1.165) is 0 Å². The number of hydrogen-bond acceptors (Lipinski definition) is 3. The second-order valence-corrected chi connectivity index (χ2v) is 7.22. The molecule has 2 aromatic carbocycles. The lowest BCUT2D eigenvalue weighted by atomic mass is 10.2. The molecule has 7 heteroatoms. The SMILES string of the molecule is Cc1cc(F)c(Br)cc1NS(=O)(=O)c1cc(N)ccc1C. The van der Waals surface area contributed by atoms with Crippen LogP contribution in [0, 0.1) is 19.7 Å². The predicted octanol–water partition coefficient (Wildman–Crippen LogP) is 3.59. The van der Waals surface area contributed by atoms with Crippen molar-refractivity contribution in [2.24, 2.45) is 0 Å². The smallest absolute Gasteiger partial charge is 0.262 e. The molecule has 2 rings (SSSR count). The van der Waals surface area contributed by atoms with Gasteiger partial charge in [-0.25, -0.2) is 12.8 Å². The second-order valence-electron chi connectivity index (χ2n) is 4.71.